The molecule has 0 aliphatic rings. The molecule has 0 saturated heterocycles. The number of carbonyl (C=O) groups is 2. The van der Waals surface area contributed by atoms with Crippen LogP contribution >= 0.6 is 11.3 Å². The molecular weight excluding hydrogens is 363 g/mol. The Morgan fingerprint density at radius 1 is 1.35 bits per heavy atom. The zero-order chi connectivity index (χ0) is 19.1. The van der Waals surface area contributed by atoms with E-state index in [1.165, 1.54) is 31.4 Å². The molecule has 7 nitrogen and oxygen atoms in total. The lowest BCUT2D eigenvalue weighted by atomic mass is 10.2. The summed E-state index contributed by atoms with van der Waals surface area (Å²) in [5.41, 5.74) is 0.487. The number of nitrogens with zero attached hydrogens (tertiary/aromatic N) is 1. The van der Waals surface area contributed by atoms with Gasteiger partial charge in [-0.15, -0.1) is 11.3 Å². The third-order valence-corrected chi connectivity index (χ3v) is 4.57. The number of nitrogens with one attached hydrogen (secondary N) is 1. The number of carbonyl (C=O) groups excluding carboxylic acids is 1. The second kappa shape index (κ2) is 9.25. The summed E-state index contributed by atoms with van der Waals surface area (Å²) in [7, 11) is 1.46. The zero-order valence-electron chi connectivity index (χ0n) is 14.3. The second-order valence-electron chi connectivity index (χ2n) is 5.41. The van der Waals surface area contributed by atoms with Crippen molar-refractivity contribution in [1.82, 2.24) is 10.3 Å². The summed E-state index contributed by atoms with van der Waals surface area (Å²) in [6.07, 6.45) is 0.163. The van der Waals surface area contributed by atoms with E-state index in [0.29, 0.717) is 21.3 Å². The quantitative estimate of drug-likeness (QED) is 0.691. The maximum Gasteiger partial charge on any atom is 0.326 e. The zero-order valence-corrected chi connectivity index (χ0v) is 15.1. The molecule has 1 aromatic heterocycles. The minimum absolute atomic E-state index is 0.121. The molecule has 26 heavy (non-hydrogen) atoms. The number of aromatic nitrogens is 1. The molecule has 1 amide bonds. The standard InChI is InChI=1S/C17H19FN2O5S/c1-10-15(16(21)20-13(17(22)23)7-8-24-2)26-14(19-10)9-25-12-5-3-11(18)4-6-12/h3-6,13H,7-9H2,1-2H3,(H,20,21)(H,22,23). The van der Waals surface area contributed by atoms with Crippen LogP contribution in [0.25, 0.3) is 0 Å². The maximum absolute atomic E-state index is 12.9. The van der Waals surface area contributed by atoms with Crippen LogP contribution in [0.2, 0.25) is 0 Å². The molecule has 0 bridgehead atoms. The van der Waals surface area contributed by atoms with Crippen LogP contribution in [0.15, 0.2) is 24.3 Å². The molecule has 9 heteroatoms. The Morgan fingerprint density at radius 2 is 2.04 bits per heavy atom. The van der Waals surface area contributed by atoms with E-state index < -0.39 is 17.9 Å². The van der Waals surface area contributed by atoms with Gasteiger partial charge < -0.3 is 19.9 Å². The number of rotatable bonds is 9. The summed E-state index contributed by atoms with van der Waals surface area (Å²) >= 11 is 1.12. The van der Waals surface area contributed by atoms with Gasteiger partial charge in [0.1, 0.15) is 34.1 Å². The molecule has 1 unspecified atom stereocenters. The Hall–Kier alpha value is -2.52. The van der Waals surface area contributed by atoms with Crippen LogP contribution in [0, 0.1) is 12.7 Å². The first-order valence-corrected chi connectivity index (χ1v) is 8.59. The van der Waals surface area contributed by atoms with Gasteiger partial charge in [-0.05, 0) is 31.2 Å². The van der Waals surface area contributed by atoms with E-state index in [2.05, 4.69) is 10.3 Å². The Bertz CT molecular complexity index is 763. The van der Waals surface area contributed by atoms with E-state index in [0.717, 1.165) is 11.3 Å². The number of hydrogen-bond acceptors (Lipinski definition) is 6. The van der Waals surface area contributed by atoms with Crippen molar-refractivity contribution >= 4 is 23.2 Å². The Morgan fingerprint density at radius 3 is 2.65 bits per heavy atom. The van der Waals surface area contributed by atoms with Crippen molar-refractivity contribution in [3.8, 4) is 5.75 Å². The molecule has 140 valence electrons. The smallest absolute Gasteiger partial charge is 0.326 e. The van der Waals surface area contributed by atoms with Crippen LogP contribution < -0.4 is 10.1 Å². The topological polar surface area (TPSA) is 97.8 Å². The molecule has 1 aromatic carbocycles. The molecule has 0 aliphatic heterocycles. The first-order chi connectivity index (χ1) is 12.4. The summed E-state index contributed by atoms with van der Waals surface area (Å²) in [5.74, 6) is -1.51. The fourth-order valence-corrected chi connectivity index (χ4v) is 3.00. The predicted octanol–water partition coefficient (Wildman–Crippen LogP) is 2.39. The minimum Gasteiger partial charge on any atom is -0.486 e. The number of methoxy groups -OCH3 is 1. The SMILES string of the molecule is COCCC(NC(=O)c1sc(COc2ccc(F)cc2)nc1C)C(=O)O. The molecule has 0 fully saturated rings. The van der Waals surface area contributed by atoms with E-state index in [-0.39, 0.29) is 25.5 Å². The van der Waals surface area contributed by atoms with E-state index in [1.54, 1.807) is 6.92 Å². The molecule has 0 spiro atoms. The Labute approximate surface area is 153 Å². The molecule has 0 radical (unpaired) electrons. The largest absolute Gasteiger partial charge is 0.486 e. The first-order valence-electron chi connectivity index (χ1n) is 7.78. The van der Waals surface area contributed by atoms with Gasteiger partial charge in [-0.2, -0.15) is 0 Å². The van der Waals surface area contributed by atoms with Gasteiger partial charge >= 0.3 is 5.97 Å². The number of carboxylic acids is 1. The molecular formula is C17H19FN2O5S. The molecule has 2 rings (SSSR count). The molecule has 2 aromatic rings. The lowest BCUT2D eigenvalue weighted by Crippen LogP contribution is -2.41. The van der Waals surface area contributed by atoms with Gasteiger partial charge in [-0.3, -0.25) is 4.79 Å². The number of halogens is 1. The van der Waals surface area contributed by atoms with Crippen LogP contribution in [0.1, 0.15) is 26.8 Å². The van der Waals surface area contributed by atoms with Crippen molar-refractivity contribution in [2.75, 3.05) is 13.7 Å². The van der Waals surface area contributed by atoms with E-state index in [1.807, 2.05) is 0 Å². The Balaban J connectivity index is 2.00. The van der Waals surface area contributed by atoms with Crippen LogP contribution in [0.5, 0.6) is 5.75 Å². The van der Waals surface area contributed by atoms with Crippen molar-refractivity contribution in [1.29, 1.82) is 0 Å². The summed E-state index contributed by atoms with van der Waals surface area (Å²) in [6, 6.07) is 4.52. The van der Waals surface area contributed by atoms with Crippen molar-refractivity contribution in [3.63, 3.8) is 0 Å². The second-order valence-corrected chi connectivity index (χ2v) is 6.49. The van der Waals surface area contributed by atoms with Crippen LogP contribution in [-0.2, 0) is 16.1 Å². The number of aliphatic carboxylic acids is 1. The summed E-state index contributed by atoms with van der Waals surface area (Å²) in [6.45, 7) is 2.00. The number of amides is 1. The van der Waals surface area contributed by atoms with E-state index in [9.17, 15) is 19.1 Å². The van der Waals surface area contributed by atoms with Gasteiger partial charge in [-0.1, -0.05) is 0 Å². The molecule has 2 N–H and O–H groups in total. The van der Waals surface area contributed by atoms with Crippen molar-refractivity contribution < 1.29 is 28.6 Å². The highest BCUT2D eigenvalue weighted by Gasteiger charge is 2.23. The van der Waals surface area contributed by atoms with Gasteiger partial charge in [0.15, 0.2) is 0 Å². The van der Waals surface area contributed by atoms with Gasteiger partial charge in [0, 0.05) is 20.1 Å². The Kier molecular flexibility index (Phi) is 7.05. The third kappa shape index (κ3) is 5.50. The molecule has 0 aliphatic carbocycles. The minimum atomic E-state index is -1.13. The van der Waals surface area contributed by atoms with Crippen molar-refractivity contribution in [3.05, 3.63) is 45.7 Å². The fraction of sp³-hybridized carbons (Fsp3) is 0.353. The van der Waals surface area contributed by atoms with Gasteiger partial charge in [0.25, 0.3) is 5.91 Å². The predicted molar refractivity (Wildman–Crippen MR) is 93.0 cm³/mol. The van der Waals surface area contributed by atoms with Crippen LogP contribution in [0.4, 0.5) is 4.39 Å². The highest BCUT2D eigenvalue weighted by Crippen LogP contribution is 2.21. The first kappa shape index (κ1) is 19.8. The number of benzene rings is 1. The van der Waals surface area contributed by atoms with E-state index in [4.69, 9.17) is 9.47 Å². The monoisotopic (exact) mass is 382 g/mol. The summed E-state index contributed by atoms with van der Waals surface area (Å²) in [4.78, 5) is 28.1. The van der Waals surface area contributed by atoms with Gasteiger partial charge in [0.2, 0.25) is 0 Å². The fourth-order valence-electron chi connectivity index (χ4n) is 2.12. The van der Waals surface area contributed by atoms with Gasteiger partial charge in [0.05, 0.1) is 5.69 Å². The van der Waals surface area contributed by atoms with Crippen molar-refractivity contribution in [2.45, 2.75) is 26.0 Å². The number of carboxylic acid groups (broad SMARTS) is 1. The average Bonchev–Trinajstić information content (AvgIpc) is 2.98. The molecule has 1 atom stereocenters. The molecule has 0 saturated carbocycles. The lowest BCUT2D eigenvalue weighted by Gasteiger charge is -2.13. The maximum atomic E-state index is 12.9. The van der Waals surface area contributed by atoms with Gasteiger partial charge in [-0.25, -0.2) is 14.2 Å². The number of hydrogen-bond donors (Lipinski definition) is 2. The van der Waals surface area contributed by atoms with Crippen LogP contribution in [-0.4, -0.2) is 41.7 Å². The molecule has 1 heterocycles. The van der Waals surface area contributed by atoms with Crippen molar-refractivity contribution in [2.24, 2.45) is 0 Å². The average molecular weight is 382 g/mol. The van der Waals surface area contributed by atoms with E-state index >= 15 is 0 Å². The normalized spacial score (nSPS) is 11.8. The van der Waals surface area contributed by atoms with Crippen LogP contribution in [0.3, 0.4) is 0 Å². The lowest BCUT2D eigenvalue weighted by molar-refractivity contribution is -0.139. The number of ether oxygens (including phenoxy) is 2. The summed E-state index contributed by atoms with van der Waals surface area (Å²) in [5, 5.41) is 12.2. The summed E-state index contributed by atoms with van der Waals surface area (Å²) < 4.78 is 23.2. The highest BCUT2D eigenvalue weighted by atomic mass is 32.1. The highest BCUT2D eigenvalue weighted by molar-refractivity contribution is 7.13. The number of thiazole rings is 1. The third-order valence-electron chi connectivity index (χ3n) is 3.44. The number of aryl methyl sites for hydroxylation is 1.